The molecule has 2 saturated heterocycles. The molecular formula is C14H24N2O4S. The quantitative estimate of drug-likeness (QED) is 0.826. The van der Waals surface area contributed by atoms with Gasteiger partial charge in [-0.05, 0) is 32.1 Å². The molecule has 0 spiro atoms. The van der Waals surface area contributed by atoms with Crippen LogP contribution >= 0.6 is 11.8 Å². The Balaban J connectivity index is 1.97. The van der Waals surface area contributed by atoms with Crippen molar-refractivity contribution in [2.75, 3.05) is 19.0 Å². The summed E-state index contributed by atoms with van der Waals surface area (Å²) in [5.41, 5.74) is 0. The number of carbonyl (C=O) groups is 2. The Morgan fingerprint density at radius 3 is 2.67 bits per heavy atom. The van der Waals surface area contributed by atoms with Gasteiger partial charge in [0, 0.05) is 25.0 Å². The van der Waals surface area contributed by atoms with Crippen LogP contribution in [0.3, 0.4) is 0 Å². The number of thioether (sulfide) groups is 1. The van der Waals surface area contributed by atoms with E-state index in [2.05, 4.69) is 5.32 Å². The molecule has 3 unspecified atom stereocenters. The minimum atomic E-state index is -0.924. The molecule has 2 amide bonds. The zero-order chi connectivity index (χ0) is 15.4. The lowest BCUT2D eigenvalue weighted by atomic mass is 9.93. The van der Waals surface area contributed by atoms with E-state index < -0.39 is 12.0 Å². The Hall–Kier alpha value is -0.950. The maximum atomic E-state index is 12.5. The van der Waals surface area contributed by atoms with E-state index in [1.165, 1.54) is 4.90 Å². The van der Waals surface area contributed by atoms with Crippen LogP contribution in [0.15, 0.2) is 0 Å². The van der Waals surface area contributed by atoms with E-state index in [1.54, 1.807) is 11.8 Å². The third-order valence-electron chi connectivity index (χ3n) is 4.29. The topological polar surface area (TPSA) is 78.9 Å². The molecule has 3 atom stereocenters. The number of hydrogen-bond donors (Lipinski definition) is 2. The smallest absolute Gasteiger partial charge is 0.327 e. The van der Waals surface area contributed by atoms with Crippen molar-refractivity contribution in [3.05, 3.63) is 0 Å². The average Bonchev–Trinajstić information content (AvgIpc) is 2.92. The lowest BCUT2D eigenvalue weighted by molar-refractivity contribution is -0.141. The van der Waals surface area contributed by atoms with Crippen LogP contribution in [0.4, 0.5) is 4.79 Å². The zero-order valence-electron chi connectivity index (χ0n) is 12.6. The number of carbonyl (C=O) groups excluding carboxylic acids is 1. The maximum absolute atomic E-state index is 12.5. The van der Waals surface area contributed by atoms with Crippen molar-refractivity contribution in [1.29, 1.82) is 0 Å². The van der Waals surface area contributed by atoms with Gasteiger partial charge >= 0.3 is 12.0 Å². The summed E-state index contributed by atoms with van der Waals surface area (Å²) in [6.45, 7) is 5.44. The van der Waals surface area contributed by atoms with E-state index >= 15 is 0 Å². The first-order valence-corrected chi connectivity index (χ1v) is 8.60. The molecule has 2 heterocycles. The summed E-state index contributed by atoms with van der Waals surface area (Å²) in [5, 5.41) is 12.2. The molecule has 2 rings (SSSR count). The van der Waals surface area contributed by atoms with Crippen LogP contribution in [-0.4, -0.2) is 58.4 Å². The second kappa shape index (κ2) is 7.35. The number of nitrogens with zero attached hydrogens (tertiary/aromatic N) is 1. The van der Waals surface area contributed by atoms with Crippen molar-refractivity contribution >= 4 is 23.8 Å². The van der Waals surface area contributed by atoms with Crippen LogP contribution in [0.5, 0.6) is 0 Å². The van der Waals surface area contributed by atoms with Crippen molar-refractivity contribution in [2.45, 2.75) is 50.6 Å². The number of ether oxygens (including phenoxy) is 1. The Labute approximate surface area is 129 Å². The van der Waals surface area contributed by atoms with Crippen LogP contribution in [-0.2, 0) is 9.53 Å². The number of hydrogen-bond acceptors (Lipinski definition) is 4. The van der Waals surface area contributed by atoms with E-state index in [4.69, 9.17) is 4.74 Å². The molecule has 7 heteroatoms. The van der Waals surface area contributed by atoms with Crippen molar-refractivity contribution in [2.24, 2.45) is 5.92 Å². The monoisotopic (exact) mass is 316 g/mol. The third-order valence-corrected chi connectivity index (χ3v) is 5.74. The van der Waals surface area contributed by atoms with Gasteiger partial charge in [-0.1, -0.05) is 6.92 Å². The Morgan fingerprint density at radius 2 is 2.10 bits per heavy atom. The van der Waals surface area contributed by atoms with Gasteiger partial charge in [-0.15, -0.1) is 11.8 Å². The lowest BCUT2D eigenvalue weighted by Crippen LogP contribution is -2.53. The van der Waals surface area contributed by atoms with E-state index in [1.807, 2.05) is 13.8 Å². The number of nitrogens with one attached hydrogen (secondary N) is 1. The Kier molecular flexibility index (Phi) is 5.75. The van der Waals surface area contributed by atoms with Gasteiger partial charge in [-0.2, -0.15) is 0 Å². The molecule has 0 aromatic carbocycles. The summed E-state index contributed by atoms with van der Waals surface area (Å²) in [6, 6.07) is -0.931. The minimum Gasteiger partial charge on any atom is -0.480 e. The number of carboxylic acid groups (broad SMARTS) is 1. The molecule has 6 nitrogen and oxygen atoms in total. The normalized spacial score (nSPS) is 28.4. The summed E-state index contributed by atoms with van der Waals surface area (Å²) in [5.74, 6) is -0.0546. The van der Waals surface area contributed by atoms with Gasteiger partial charge in [0.2, 0.25) is 0 Å². The molecule has 120 valence electrons. The van der Waals surface area contributed by atoms with Crippen LogP contribution in [0.1, 0.15) is 33.1 Å². The van der Waals surface area contributed by atoms with E-state index in [0.29, 0.717) is 11.7 Å². The number of aliphatic carboxylic acids is 1. The van der Waals surface area contributed by atoms with Crippen LogP contribution in [0.2, 0.25) is 0 Å². The van der Waals surface area contributed by atoms with Gasteiger partial charge < -0.3 is 15.2 Å². The van der Waals surface area contributed by atoms with Gasteiger partial charge in [0.1, 0.15) is 6.04 Å². The van der Waals surface area contributed by atoms with Crippen molar-refractivity contribution in [1.82, 2.24) is 10.2 Å². The Bertz CT molecular complexity index is 387. The van der Waals surface area contributed by atoms with E-state index in [9.17, 15) is 14.7 Å². The number of rotatable bonds is 4. The van der Waals surface area contributed by atoms with Crippen LogP contribution < -0.4 is 5.32 Å². The second-order valence-corrected chi connectivity index (χ2v) is 6.86. The van der Waals surface area contributed by atoms with Gasteiger partial charge in [-0.25, -0.2) is 9.59 Å². The number of amides is 2. The van der Waals surface area contributed by atoms with Crippen LogP contribution in [0, 0.1) is 5.92 Å². The SMILES string of the molecule is CCC1SCC(C(=O)O)N1C(=O)NC(C)C1CCOCC1. The van der Waals surface area contributed by atoms with E-state index in [0.717, 1.165) is 32.5 Å². The number of urea groups is 1. The molecule has 2 fully saturated rings. The second-order valence-electron chi connectivity index (χ2n) is 5.65. The van der Waals surface area contributed by atoms with Crippen molar-refractivity contribution < 1.29 is 19.4 Å². The van der Waals surface area contributed by atoms with Gasteiger partial charge in [0.05, 0.1) is 5.37 Å². The molecule has 0 aromatic heterocycles. The molecule has 2 aliphatic rings. The maximum Gasteiger partial charge on any atom is 0.327 e. The molecule has 0 aromatic rings. The lowest BCUT2D eigenvalue weighted by Gasteiger charge is -2.32. The molecule has 0 aliphatic carbocycles. The highest BCUT2D eigenvalue weighted by Crippen LogP contribution is 2.31. The molecule has 0 radical (unpaired) electrons. The first-order valence-electron chi connectivity index (χ1n) is 7.55. The summed E-state index contributed by atoms with van der Waals surface area (Å²) in [6.07, 6.45) is 2.64. The highest BCUT2D eigenvalue weighted by Gasteiger charge is 2.41. The fraction of sp³-hybridized carbons (Fsp3) is 0.857. The average molecular weight is 316 g/mol. The zero-order valence-corrected chi connectivity index (χ0v) is 13.4. The fourth-order valence-electron chi connectivity index (χ4n) is 2.94. The minimum absolute atomic E-state index is 0.0407. The largest absolute Gasteiger partial charge is 0.480 e. The highest BCUT2D eigenvalue weighted by atomic mass is 32.2. The molecule has 0 bridgehead atoms. The van der Waals surface area contributed by atoms with Gasteiger partial charge in [0.25, 0.3) is 0 Å². The van der Waals surface area contributed by atoms with Gasteiger partial charge in [-0.3, -0.25) is 4.90 Å². The van der Waals surface area contributed by atoms with Crippen molar-refractivity contribution in [3.8, 4) is 0 Å². The van der Waals surface area contributed by atoms with Crippen LogP contribution in [0.25, 0.3) is 0 Å². The van der Waals surface area contributed by atoms with E-state index in [-0.39, 0.29) is 17.4 Å². The molecule has 0 saturated carbocycles. The predicted octanol–water partition coefficient (Wildman–Crippen LogP) is 1.75. The first kappa shape index (κ1) is 16.4. The van der Waals surface area contributed by atoms with Gasteiger partial charge in [0.15, 0.2) is 0 Å². The first-order chi connectivity index (χ1) is 10.0. The standard InChI is InChI=1S/C14H24N2O4S/c1-3-12-16(11(8-21-12)13(17)18)14(19)15-9(2)10-4-6-20-7-5-10/h9-12H,3-8H2,1-2H3,(H,15,19)(H,17,18). The molecule has 21 heavy (non-hydrogen) atoms. The Morgan fingerprint density at radius 1 is 1.43 bits per heavy atom. The fourth-order valence-corrected chi connectivity index (χ4v) is 4.29. The molecule has 2 N–H and O–H groups in total. The highest BCUT2D eigenvalue weighted by molar-refractivity contribution is 8.00. The third kappa shape index (κ3) is 3.83. The summed E-state index contributed by atoms with van der Waals surface area (Å²) in [4.78, 5) is 25.3. The molecule has 2 aliphatic heterocycles. The predicted molar refractivity (Wildman–Crippen MR) is 81.3 cm³/mol. The summed E-state index contributed by atoms with van der Waals surface area (Å²) < 4.78 is 5.33. The summed E-state index contributed by atoms with van der Waals surface area (Å²) in [7, 11) is 0. The summed E-state index contributed by atoms with van der Waals surface area (Å²) >= 11 is 1.54. The molecular weight excluding hydrogens is 292 g/mol. The number of carboxylic acids is 1. The van der Waals surface area contributed by atoms with Crippen molar-refractivity contribution in [3.63, 3.8) is 0 Å².